The number of hydrogen-bond donors (Lipinski definition) is 1. The second-order valence-electron chi connectivity index (χ2n) is 2.77. The second-order valence-corrected chi connectivity index (χ2v) is 2.77. The highest BCUT2D eigenvalue weighted by atomic mass is 16.5. The van der Waals surface area contributed by atoms with Crippen LogP contribution in [0.4, 0.5) is 0 Å². The van der Waals surface area contributed by atoms with Crippen LogP contribution < -0.4 is 5.32 Å². The monoisotopic (exact) mass is 202 g/mol. The molecule has 0 saturated carbocycles. The molecule has 0 aliphatic heterocycles. The molecule has 0 aromatic carbocycles. The highest BCUT2D eigenvalue weighted by Gasteiger charge is 2.12. The van der Waals surface area contributed by atoms with Gasteiger partial charge in [-0.15, -0.1) is 0 Å². The number of ether oxygens (including phenoxy) is 1. The molecule has 0 atom stereocenters. The minimum atomic E-state index is -0.843. The van der Waals surface area contributed by atoms with Crippen LogP contribution in [0.5, 0.6) is 0 Å². The van der Waals surface area contributed by atoms with Crippen molar-refractivity contribution < 1.29 is 14.3 Å². The first kappa shape index (κ1) is 12.9. The first-order valence-electron chi connectivity index (χ1n) is 4.74. The molecule has 0 aromatic rings. The van der Waals surface area contributed by atoms with Crippen LogP contribution in [0.25, 0.3) is 0 Å². The van der Waals surface area contributed by atoms with E-state index in [-0.39, 0.29) is 0 Å². The molecule has 0 spiro atoms. The van der Waals surface area contributed by atoms with Crippen molar-refractivity contribution in [3.8, 4) is 0 Å². The van der Waals surface area contributed by atoms with Gasteiger partial charge in [-0.2, -0.15) is 0 Å². The Hall–Kier alpha value is -1.10. The molecule has 0 heterocycles. The van der Waals surface area contributed by atoms with Gasteiger partial charge in [0.05, 0.1) is 7.11 Å². The number of amides is 1. The molecule has 14 heavy (non-hydrogen) atoms. The smallest absolute Gasteiger partial charge is 0.396 e. The zero-order valence-corrected chi connectivity index (χ0v) is 9.00. The summed E-state index contributed by atoms with van der Waals surface area (Å²) >= 11 is 0. The van der Waals surface area contributed by atoms with Crippen LogP contribution in [0.3, 0.4) is 0 Å². The van der Waals surface area contributed by atoms with Crippen molar-refractivity contribution in [2.24, 2.45) is 0 Å². The number of carbonyl (C=O) groups is 2. The third-order valence-corrected chi connectivity index (χ3v) is 1.98. The predicted octanol–water partition coefficient (Wildman–Crippen LogP) is -0.383. The predicted molar refractivity (Wildman–Crippen MR) is 52.8 cm³/mol. The number of methoxy groups -OCH3 is 1. The van der Waals surface area contributed by atoms with Gasteiger partial charge >= 0.3 is 11.9 Å². The molecular formula is C9H18N2O3. The van der Waals surface area contributed by atoms with E-state index in [1.165, 1.54) is 7.11 Å². The molecule has 0 radical (unpaired) electrons. The average Bonchev–Trinajstić information content (AvgIpc) is 2.22. The van der Waals surface area contributed by atoms with Crippen LogP contribution in [0, 0.1) is 0 Å². The summed E-state index contributed by atoms with van der Waals surface area (Å²) in [5.41, 5.74) is 0. The van der Waals surface area contributed by atoms with Crippen molar-refractivity contribution in [1.82, 2.24) is 10.2 Å². The van der Waals surface area contributed by atoms with Crippen molar-refractivity contribution in [2.45, 2.75) is 13.8 Å². The van der Waals surface area contributed by atoms with Crippen LogP contribution >= 0.6 is 0 Å². The molecule has 1 N–H and O–H groups in total. The zero-order valence-electron chi connectivity index (χ0n) is 9.00. The summed E-state index contributed by atoms with van der Waals surface area (Å²) in [6, 6.07) is 0. The number of nitrogens with one attached hydrogen (secondary N) is 1. The lowest BCUT2D eigenvalue weighted by Crippen LogP contribution is -2.38. The maximum Gasteiger partial charge on any atom is 0.396 e. The van der Waals surface area contributed by atoms with E-state index in [2.05, 4.69) is 15.0 Å². The summed E-state index contributed by atoms with van der Waals surface area (Å²) in [4.78, 5) is 23.8. The standard InChI is InChI=1S/C9H18N2O3/c1-4-11(5-2)7-6-10-8(12)9(13)14-3/h4-7H2,1-3H3,(H,10,12). The lowest BCUT2D eigenvalue weighted by Gasteiger charge is -2.17. The summed E-state index contributed by atoms with van der Waals surface area (Å²) in [6.07, 6.45) is 0. The fraction of sp³-hybridized carbons (Fsp3) is 0.778. The normalized spacial score (nSPS) is 10.0. The van der Waals surface area contributed by atoms with E-state index in [1.54, 1.807) is 0 Å². The van der Waals surface area contributed by atoms with Gasteiger partial charge < -0.3 is 15.0 Å². The second kappa shape index (κ2) is 7.32. The van der Waals surface area contributed by atoms with Crippen LogP contribution in [0.2, 0.25) is 0 Å². The van der Waals surface area contributed by atoms with Crippen LogP contribution in [-0.2, 0) is 14.3 Å². The Morgan fingerprint density at radius 1 is 1.29 bits per heavy atom. The molecule has 0 fully saturated rings. The molecule has 0 aliphatic rings. The number of rotatable bonds is 5. The van der Waals surface area contributed by atoms with E-state index in [0.29, 0.717) is 6.54 Å². The fourth-order valence-corrected chi connectivity index (χ4v) is 1.03. The Morgan fingerprint density at radius 3 is 2.29 bits per heavy atom. The third-order valence-electron chi connectivity index (χ3n) is 1.98. The summed E-state index contributed by atoms with van der Waals surface area (Å²) in [6.45, 7) is 7.18. The highest BCUT2D eigenvalue weighted by Crippen LogP contribution is 1.84. The Balaban J connectivity index is 3.63. The SMILES string of the molecule is CCN(CC)CCNC(=O)C(=O)OC. The first-order valence-corrected chi connectivity index (χ1v) is 4.74. The molecule has 1 amide bonds. The summed E-state index contributed by atoms with van der Waals surface area (Å²) in [5, 5.41) is 2.48. The third kappa shape index (κ3) is 4.81. The molecule has 0 unspecified atom stereocenters. The van der Waals surface area contributed by atoms with E-state index in [1.807, 2.05) is 13.8 Å². The number of carbonyl (C=O) groups excluding carboxylic acids is 2. The Labute approximate surface area is 84.4 Å². The first-order chi connectivity index (χ1) is 6.65. The molecular weight excluding hydrogens is 184 g/mol. The summed E-state index contributed by atoms with van der Waals surface area (Å²) in [7, 11) is 1.19. The van der Waals surface area contributed by atoms with Gasteiger partial charge in [-0.05, 0) is 13.1 Å². The van der Waals surface area contributed by atoms with Gasteiger partial charge in [-0.1, -0.05) is 13.8 Å². The van der Waals surface area contributed by atoms with Gasteiger partial charge in [0.15, 0.2) is 0 Å². The van der Waals surface area contributed by atoms with Gasteiger partial charge in [0, 0.05) is 13.1 Å². The Kier molecular flexibility index (Phi) is 6.74. The van der Waals surface area contributed by atoms with E-state index < -0.39 is 11.9 Å². The molecule has 82 valence electrons. The number of esters is 1. The topological polar surface area (TPSA) is 58.6 Å². The summed E-state index contributed by atoms with van der Waals surface area (Å²) in [5.74, 6) is -1.52. The molecule has 5 heteroatoms. The van der Waals surface area contributed by atoms with Crippen LogP contribution in [0.15, 0.2) is 0 Å². The van der Waals surface area contributed by atoms with Crippen molar-refractivity contribution in [2.75, 3.05) is 33.3 Å². The van der Waals surface area contributed by atoms with Crippen LogP contribution in [0.1, 0.15) is 13.8 Å². The number of likely N-dealkylation sites (N-methyl/N-ethyl adjacent to an activating group) is 1. The minimum Gasteiger partial charge on any atom is -0.462 e. The molecule has 0 aliphatic carbocycles. The van der Waals surface area contributed by atoms with Crippen molar-refractivity contribution in [3.63, 3.8) is 0 Å². The lowest BCUT2D eigenvalue weighted by molar-refractivity contribution is -0.152. The van der Waals surface area contributed by atoms with Crippen molar-refractivity contribution >= 4 is 11.9 Å². The fourth-order valence-electron chi connectivity index (χ4n) is 1.03. The quantitative estimate of drug-likeness (QED) is 0.487. The summed E-state index contributed by atoms with van der Waals surface area (Å²) < 4.78 is 4.26. The number of nitrogens with zero attached hydrogens (tertiary/aromatic N) is 1. The Bertz CT molecular complexity index is 190. The zero-order chi connectivity index (χ0) is 11.0. The minimum absolute atomic E-state index is 0.468. The molecule has 5 nitrogen and oxygen atoms in total. The van der Waals surface area contributed by atoms with E-state index in [4.69, 9.17) is 0 Å². The van der Waals surface area contributed by atoms with Crippen molar-refractivity contribution in [1.29, 1.82) is 0 Å². The lowest BCUT2D eigenvalue weighted by atomic mass is 10.4. The average molecular weight is 202 g/mol. The molecule has 0 aromatic heterocycles. The van der Waals surface area contributed by atoms with Gasteiger partial charge in [0.25, 0.3) is 0 Å². The molecule has 0 rings (SSSR count). The van der Waals surface area contributed by atoms with Gasteiger partial charge in [-0.3, -0.25) is 4.79 Å². The molecule has 0 bridgehead atoms. The van der Waals surface area contributed by atoms with Crippen LogP contribution in [-0.4, -0.2) is 50.1 Å². The largest absolute Gasteiger partial charge is 0.462 e. The highest BCUT2D eigenvalue weighted by molar-refractivity contribution is 6.32. The van der Waals surface area contributed by atoms with Gasteiger partial charge in [0.2, 0.25) is 0 Å². The van der Waals surface area contributed by atoms with Gasteiger partial charge in [0.1, 0.15) is 0 Å². The maximum absolute atomic E-state index is 10.9. The van der Waals surface area contributed by atoms with E-state index in [0.717, 1.165) is 19.6 Å². The van der Waals surface area contributed by atoms with E-state index >= 15 is 0 Å². The van der Waals surface area contributed by atoms with Crippen molar-refractivity contribution in [3.05, 3.63) is 0 Å². The van der Waals surface area contributed by atoms with Gasteiger partial charge in [-0.25, -0.2) is 4.79 Å². The maximum atomic E-state index is 10.9. The number of hydrogen-bond acceptors (Lipinski definition) is 4. The van der Waals surface area contributed by atoms with E-state index in [9.17, 15) is 9.59 Å². The Morgan fingerprint density at radius 2 is 1.86 bits per heavy atom. The molecule has 0 saturated heterocycles.